The van der Waals surface area contributed by atoms with Gasteiger partial charge in [0.15, 0.2) is 0 Å². The van der Waals surface area contributed by atoms with Gasteiger partial charge in [0.25, 0.3) is 0 Å². The van der Waals surface area contributed by atoms with Crippen molar-refractivity contribution in [1.82, 2.24) is 15.0 Å². The largest absolute Gasteiger partial charge is 0.366 e. The number of rotatable bonds is 2. The zero-order valence-corrected chi connectivity index (χ0v) is 8.76. The fourth-order valence-electron chi connectivity index (χ4n) is 1.10. The summed E-state index contributed by atoms with van der Waals surface area (Å²) in [5, 5.41) is 3.20. The highest BCUT2D eigenvalue weighted by Crippen LogP contribution is 2.10. The molecule has 2 heterocycles. The molecule has 6 heteroatoms. The van der Waals surface area contributed by atoms with Crippen LogP contribution in [-0.2, 0) is 0 Å². The van der Waals surface area contributed by atoms with Crippen molar-refractivity contribution in [3.63, 3.8) is 0 Å². The van der Waals surface area contributed by atoms with E-state index in [0.29, 0.717) is 11.4 Å². The van der Waals surface area contributed by atoms with E-state index >= 15 is 0 Å². The van der Waals surface area contributed by atoms with Crippen molar-refractivity contribution in [3.8, 4) is 0 Å². The van der Waals surface area contributed by atoms with Crippen LogP contribution in [0.2, 0.25) is 5.02 Å². The molecule has 3 N–H and O–H groups in total. The first kappa shape index (κ1) is 8.55. The van der Waals surface area contributed by atoms with Gasteiger partial charge in [-0.1, -0.05) is 11.6 Å². The number of anilines is 2. The van der Waals surface area contributed by atoms with Crippen molar-refractivity contribution in [2.24, 2.45) is 4.99 Å². The lowest BCUT2D eigenvalue weighted by Crippen LogP contribution is -2.12. The Morgan fingerprint density at radius 3 is 3.20 bits per heavy atom. The molecular formula is C9H10ClN5. The molecule has 78 valence electrons. The molecule has 0 spiro atoms. The lowest BCUT2D eigenvalue weighted by atomic mass is 10.5. The minimum atomic E-state index is -0.0148. The third-order valence-corrected chi connectivity index (χ3v) is 2.06. The summed E-state index contributed by atoms with van der Waals surface area (Å²) in [6.45, 7) is 0. The molecule has 2 aromatic rings. The van der Waals surface area contributed by atoms with Crippen LogP contribution in [0.5, 0.6) is 0 Å². The molecule has 2 aromatic heterocycles. The summed E-state index contributed by atoms with van der Waals surface area (Å²) in [4.78, 5) is 13.7. The highest BCUT2D eigenvalue weighted by molar-refractivity contribution is 6.30. The molecule has 0 radical (unpaired) electrons. The van der Waals surface area contributed by atoms with E-state index in [1.54, 1.807) is 19.4 Å². The van der Waals surface area contributed by atoms with Crippen molar-refractivity contribution in [1.29, 1.82) is 0 Å². The maximum Gasteiger partial charge on any atom is 0.206 e. The van der Waals surface area contributed by atoms with Gasteiger partial charge in [0.05, 0.1) is 13.2 Å². The quantitative estimate of drug-likeness (QED) is 0.726. The Labute approximate surface area is 92.7 Å². The summed E-state index contributed by atoms with van der Waals surface area (Å²) >= 11 is 5.84. The monoisotopic (exact) mass is 224 g/mol. The second kappa shape index (κ2) is 4.18. The first-order valence-electron chi connectivity index (χ1n) is 4.80. The fraction of sp³-hybridized carbons (Fsp3) is 0.111. The molecule has 15 heavy (non-hydrogen) atoms. The summed E-state index contributed by atoms with van der Waals surface area (Å²) in [7, 11) is 1.59. The van der Waals surface area contributed by atoms with Crippen molar-refractivity contribution in [2.75, 3.05) is 12.4 Å². The zero-order chi connectivity index (χ0) is 11.5. The zero-order valence-electron chi connectivity index (χ0n) is 9.00. The lowest BCUT2D eigenvalue weighted by Gasteiger charge is -2.02. The van der Waals surface area contributed by atoms with Crippen molar-refractivity contribution >= 4 is 23.2 Å². The van der Waals surface area contributed by atoms with Crippen LogP contribution in [0.3, 0.4) is 0 Å². The first-order chi connectivity index (χ1) is 7.70. The van der Waals surface area contributed by atoms with Gasteiger partial charge in [-0.3, -0.25) is 4.99 Å². The van der Waals surface area contributed by atoms with Gasteiger partial charge < -0.3 is 15.3 Å². The van der Waals surface area contributed by atoms with E-state index in [2.05, 4.69) is 25.3 Å². The molecule has 0 unspecified atom stereocenters. The van der Waals surface area contributed by atoms with Crippen LogP contribution in [0.25, 0.3) is 0 Å². The van der Waals surface area contributed by atoms with Gasteiger partial charge in [0.1, 0.15) is 10.5 Å². The summed E-state index contributed by atoms with van der Waals surface area (Å²) in [6, 6.07) is 1.84. The van der Waals surface area contributed by atoms with Gasteiger partial charge in [-0.2, -0.15) is 0 Å². The topological polar surface area (TPSA) is 68.9 Å². The van der Waals surface area contributed by atoms with Crippen LogP contribution in [0.1, 0.15) is 1.37 Å². The molecule has 0 aliphatic carbocycles. The summed E-state index contributed by atoms with van der Waals surface area (Å²) < 4.78 is 7.56. The molecule has 0 fully saturated rings. The molecule has 0 aliphatic rings. The Morgan fingerprint density at radius 1 is 1.67 bits per heavy atom. The molecule has 0 saturated carbocycles. The molecule has 0 saturated heterocycles. The Hall–Kier alpha value is -1.75. The van der Waals surface area contributed by atoms with E-state index in [0.717, 1.165) is 5.69 Å². The smallest absolute Gasteiger partial charge is 0.206 e. The van der Waals surface area contributed by atoms with Crippen molar-refractivity contribution in [3.05, 3.63) is 35.1 Å². The number of hydrogen-bond acceptors (Lipinski definition) is 3. The van der Waals surface area contributed by atoms with Crippen LogP contribution < -0.4 is 10.8 Å². The highest BCUT2D eigenvalue weighted by atomic mass is 35.5. The van der Waals surface area contributed by atoms with Gasteiger partial charge in [-0.25, -0.2) is 4.98 Å². The molecule has 0 aliphatic heterocycles. The normalized spacial score (nSPS) is 12.7. The average Bonchev–Trinajstić information content (AvgIpc) is 2.76. The van der Waals surface area contributed by atoms with E-state index in [1.165, 1.54) is 0 Å². The summed E-state index contributed by atoms with van der Waals surface area (Å²) in [6.07, 6.45) is 3.54. The Balaban J connectivity index is 2.40. The van der Waals surface area contributed by atoms with Crippen LogP contribution in [0.15, 0.2) is 29.6 Å². The number of aromatic nitrogens is 3. The van der Waals surface area contributed by atoms with Gasteiger partial charge in [0.2, 0.25) is 5.95 Å². The third-order valence-electron chi connectivity index (χ3n) is 1.79. The van der Waals surface area contributed by atoms with Crippen molar-refractivity contribution < 1.29 is 1.37 Å². The number of nitrogens with zero attached hydrogens (tertiary/aromatic N) is 2. The maximum absolute atomic E-state index is 7.56. The number of hydrogen-bond donors (Lipinski definition) is 3. The number of H-pyrrole nitrogens is 2. The number of nitrogens with one attached hydrogen (secondary N) is 3. The van der Waals surface area contributed by atoms with Crippen LogP contribution in [0, 0.1) is 0 Å². The third kappa shape index (κ3) is 2.19. The molecular weight excluding hydrogens is 214 g/mol. The van der Waals surface area contributed by atoms with E-state index < -0.39 is 0 Å². The van der Waals surface area contributed by atoms with Gasteiger partial charge in [0, 0.05) is 19.4 Å². The molecule has 0 aromatic carbocycles. The number of halogens is 1. The maximum atomic E-state index is 7.56. The second-order valence-electron chi connectivity index (χ2n) is 2.81. The van der Waals surface area contributed by atoms with Crippen molar-refractivity contribution in [2.45, 2.75) is 0 Å². The SMILES string of the molecule is [2H]c1nc(Nc2cc[nH]c2)[nH]c(=NC)c1Cl. The van der Waals surface area contributed by atoms with Crippen LogP contribution in [-0.4, -0.2) is 22.0 Å². The Morgan fingerprint density at radius 2 is 2.53 bits per heavy atom. The van der Waals surface area contributed by atoms with Crippen LogP contribution >= 0.6 is 11.6 Å². The molecule has 2 rings (SSSR count). The molecule has 0 bridgehead atoms. The predicted octanol–water partition coefficient (Wildman–Crippen LogP) is 1.67. The first-order valence-corrected chi connectivity index (χ1v) is 4.67. The fourth-order valence-corrected chi connectivity index (χ4v) is 1.28. The Bertz CT molecular complexity index is 546. The lowest BCUT2D eigenvalue weighted by molar-refractivity contribution is 1.06. The predicted molar refractivity (Wildman–Crippen MR) is 59.2 cm³/mol. The minimum absolute atomic E-state index is 0.0148. The van der Waals surface area contributed by atoms with Gasteiger partial charge >= 0.3 is 0 Å². The average molecular weight is 225 g/mol. The number of aromatic amines is 2. The molecule has 0 atom stereocenters. The molecule has 5 nitrogen and oxygen atoms in total. The Kier molecular flexibility index (Phi) is 2.38. The van der Waals surface area contributed by atoms with Gasteiger partial charge in [-0.05, 0) is 6.07 Å². The van der Waals surface area contributed by atoms with E-state index in [4.69, 9.17) is 13.0 Å². The summed E-state index contributed by atoms with van der Waals surface area (Å²) in [5.74, 6) is 0.426. The second-order valence-corrected chi connectivity index (χ2v) is 3.19. The van der Waals surface area contributed by atoms with E-state index in [-0.39, 0.29) is 11.2 Å². The standard InChI is InChI=1S/C9H10ClN5/c1-11-8-7(10)5-13-9(15-8)14-6-2-3-12-4-6/h2-5,12H,1H3,(H2,11,13,14,15)/i5D. The highest BCUT2D eigenvalue weighted by Gasteiger charge is 1.98. The minimum Gasteiger partial charge on any atom is -0.366 e. The van der Waals surface area contributed by atoms with E-state index in [9.17, 15) is 0 Å². The summed E-state index contributed by atoms with van der Waals surface area (Å²) in [5.41, 5.74) is 1.27. The van der Waals surface area contributed by atoms with Crippen LogP contribution in [0.4, 0.5) is 11.6 Å². The van der Waals surface area contributed by atoms with Gasteiger partial charge in [-0.15, -0.1) is 0 Å². The van der Waals surface area contributed by atoms with E-state index in [1.807, 2.05) is 6.07 Å². The molecule has 0 amide bonds.